The minimum Gasteiger partial charge on any atom is -0.494 e. The number of amides is 1. The summed E-state index contributed by atoms with van der Waals surface area (Å²) >= 11 is 5.28. The van der Waals surface area contributed by atoms with Crippen LogP contribution in [0.4, 0.5) is 5.69 Å². The standard InChI is InChI=1S/C23H24N2O2S/c1-2-3-6-15-27-21-13-10-18(11-14-21)22(26)25-23(28)24-20-12-9-17-7-4-5-8-19(17)16-20/h4-5,7-14,16H,2-3,6,15H2,1H3,(H2,24,25,26,28). The number of unbranched alkanes of at least 4 members (excludes halogenated alkanes) is 2. The highest BCUT2D eigenvalue weighted by Gasteiger charge is 2.08. The number of ether oxygens (including phenoxy) is 1. The highest BCUT2D eigenvalue weighted by atomic mass is 32.1. The first-order chi connectivity index (χ1) is 13.7. The van der Waals surface area contributed by atoms with E-state index in [4.69, 9.17) is 17.0 Å². The van der Waals surface area contributed by atoms with Gasteiger partial charge in [-0.25, -0.2) is 0 Å². The summed E-state index contributed by atoms with van der Waals surface area (Å²) in [5.74, 6) is 0.514. The molecule has 0 saturated heterocycles. The molecule has 0 aliphatic rings. The summed E-state index contributed by atoms with van der Waals surface area (Å²) in [6, 6.07) is 21.1. The average molecular weight is 393 g/mol. The largest absolute Gasteiger partial charge is 0.494 e. The van der Waals surface area contributed by atoms with E-state index < -0.39 is 0 Å². The Morgan fingerprint density at radius 1 is 0.964 bits per heavy atom. The van der Waals surface area contributed by atoms with Crippen LogP contribution in [0.2, 0.25) is 0 Å². The lowest BCUT2D eigenvalue weighted by Gasteiger charge is -2.11. The van der Waals surface area contributed by atoms with E-state index >= 15 is 0 Å². The Kier molecular flexibility index (Phi) is 6.98. The molecular formula is C23H24N2O2S. The number of nitrogens with one attached hydrogen (secondary N) is 2. The SMILES string of the molecule is CCCCCOc1ccc(C(=O)NC(=S)Nc2ccc3ccccc3c2)cc1. The molecule has 1 amide bonds. The minimum absolute atomic E-state index is 0.254. The van der Waals surface area contributed by atoms with Gasteiger partial charge in [-0.3, -0.25) is 10.1 Å². The van der Waals surface area contributed by atoms with Gasteiger partial charge in [-0.2, -0.15) is 0 Å². The van der Waals surface area contributed by atoms with Crippen molar-refractivity contribution in [3.05, 3.63) is 72.3 Å². The molecule has 5 heteroatoms. The molecule has 0 saturated carbocycles. The van der Waals surface area contributed by atoms with Gasteiger partial charge >= 0.3 is 0 Å². The van der Waals surface area contributed by atoms with Crippen molar-refractivity contribution in [2.75, 3.05) is 11.9 Å². The molecule has 0 fully saturated rings. The van der Waals surface area contributed by atoms with E-state index in [9.17, 15) is 4.79 Å². The van der Waals surface area contributed by atoms with Crippen molar-refractivity contribution in [3.63, 3.8) is 0 Å². The van der Waals surface area contributed by atoms with Crippen molar-refractivity contribution in [1.29, 1.82) is 0 Å². The number of anilines is 1. The normalized spacial score (nSPS) is 10.5. The first kappa shape index (κ1) is 19.8. The van der Waals surface area contributed by atoms with E-state index in [1.807, 2.05) is 36.4 Å². The van der Waals surface area contributed by atoms with Gasteiger partial charge in [0.25, 0.3) is 5.91 Å². The fourth-order valence-corrected chi connectivity index (χ4v) is 3.06. The molecule has 3 aromatic carbocycles. The molecular weight excluding hydrogens is 368 g/mol. The molecule has 28 heavy (non-hydrogen) atoms. The number of fused-ring (bicyclic) bond motifs is 1. The van der Waals surface area contributed by atoms with Crippen molar-refractivity contribution in [1.82, 2.24) is 5.32 Å². The first-order valence-corrected chi connectivity index (χ1v) is 9.90. The molecule has 0 radical (unpaired) electrons. The van der Waals surface area contributed by atoms with Gasteiger partial charge in [0.2, 0.25) is 0 Å². The third-order valence-corrected chi connectivity index (χ3v) is 4.57. The van der Waals surface area contributed by atoms with Crippen molar-refractivity contribution in [2.45, 2.75) is 26.2 Å². The summed E-state index contributed by atoms with van der Waals surface area (Å²) < 4.78 is 5.67. The second-order valence-corrected chi connectivity index (χ2v) is 6.96. The van der Waals surface area contributed by atoms with Crippen molar-refractivity contribution in [3.8, 4) is 5.75 Å². The maximum Gasteiger partial charge on any atom is 0.257 e. The fraction of sp³-hybridized carbons (Fsp3) is 0.217. The first-order valence-electron chi connectivity index (χ1n) is 9.49. The molecule has 144 valence electrons. The fourth-order valence-electron chi connectivity index (χ4n) is 2.85. The van der Waals surface area contributed by atoms with Crippen LogP contribution in [0, 0.1) is 0 Å². The Labute approximate surface area is 170 Å². The molecule has 0 unspecified atom stereocenters. The van der Waals surface area contributed by atoms with E-state index in [2.05, 4.69) is 23.6 Å². The summed E-state index contributed by atoms with van der Waals surface area (Å²) in [5, 5.41) is 8.30. The highest BCUT2D eigenvalue weighted by Crippen LogP contribution is 2.19. The molecule has 0 bridgehead atoms. The number of hydrogen-bond donors (Lipinski definition) is 2. The van der Waals surface area contributed by atoms with Gasteiger partial charge < -0.3 is 10.1 Å². The maximum absolute atomic E-state index is 12.4. The maximum atomic E-state index is 12.4. The summed E-state index contributed by atoms with van der Waals surface area (Å²) in [6.45, 7) is 2.85. The molecule has 0 spiro atoms. The Hall–Kier alpha value is -2.92. The predicted octanol–water partition coefficient (Wildman–Crippen LogP) is 5.54. The van der Waals surface area contributed by atoms with Crippen molar-refractivity contribution >= 4 is 39.7 Å². The zero-order chi connectivity index (χ0) is 19.8. The minimum atomic E-state index is -0.254. The van der Waals surface area contributed by atoms with Crippen LogP contribution >= 0.6 is 12.2 Å². The van der Waals surface area contributed by atoms with E-state index in [1.165, 1.54) is 0 Å². The van der Waals surface area contributed by atoms with Crippen LogP contribution in [0.25, 0.3) is 10.8 Å². The summed E-state index contributed by atoms with van der Waals surface area (Å²) in [7, 11) is 0. The molecule has 0 atom stereocenters. The lowest BCUT2D eigenvalue weighted by atomic mass is 10.1. The Morgan fingerprint density at radius 3 is 2.46 bits per heavy atom. The lowest BCUT2D eigenvalue weighted by molar-refractivity contribution is 0.0977. The van der Waals surface area contributed by atoms with Gasteiger partial charge in [-0.15, -0.1) is 0 Å². The zero-order valence-electron chi connectivity index (χ0n) is 15.9. The second-order valence-electron chi connectivity index (χ2n) is 6.55. The van der Waals surface area contributed by atoms with Crippen molar-refractivity contribution < 1.29 is 9.53 Å². The van der Waals surface area contributed by atoms with Crippen LogP contribution in [-0.4, -0.2) is 17.6 Å². The zero-order valence-corrected chi connectivity index (χ0v) is 16.7. The second kappa shape index (κ2) is 9.85. The average Bonchev–Trinajstić information content (AvgIpc) is 2.71. The summed E-state index contributed by atoms with van der Waals surface area (Å²) in [6.07, 6.45) is 3.35. The number of rotatable bonds is 7. The summed E-state index contributed by atoms with van der Waals surface area (Å²) in [5.41, 5.74) is 1.36. The molecule has 3 rings (SSSR count). The van der Waals surface area contributed by atoms with Gasteiger partial charge in [-0.05, 0) is 65.8 Å². The van der Waals surface area contributed by atoms with Gasteiger partial charge in [0.1, 0.15) is 5.75 Å². The van der Waals surface area contributed by atoms with Gasteiger partial charge in [0, 0.05) is 11.3 Å². The van der Waals surface area contributed by atoms with Gasteiger partial charge in [-0.1, -0.05) is 50.1 Å². The Bertz CT molecular complexity index is 954. The Balaban J connectivity index is 1.53. The van der Waals surface area contributed by atoms with Crippen LogP contribution in [0.3, 0.4) is 0 Å². The molecule has 0 aliphatic carbocycles. The molecule has 2 N–H and O–H groups in total. The third kappa shape index (κ3) is 5.54. The van der Waals surface area contributed by atoms with E-state index in [0.29, 0.717) is 12.2 Å². The summed E-state index contributed by atoms with van der Waals surface area (Å²) in [4.78, 5) is 12.4. The molecule has 0 aliphatic heterocycles. The van der Waals surface area contributed by atoms with E-state index in [0.717, 1.165) is 41.5 Å². The molecule has 0 heterocycles. The number of hydrogen-bond acceptors (Lipinski definition) is 3. The number of thiocarbonyl (C=S) groups is 1. The van der Waals surface area contributed by atoms with Crippen LogP contribution in [0.5, 0.6) is 5.75 Å². The van der Waals surface area contributed by atoms with E-state index in [1.54, 1.807) is 24.3 Å². The van der Waals surface area contributed by atoms with Gasteiger partial charge in [0.15, 0.2) is 5.11 Å². The topological polar surface area (TPSA) is 50.4 Å². The van der Waals surface area contributed by atoms with Crippen LogP contribution < -0.4 is 15.4 Å². The highest BCUT2D eigenvalue weighted by molar-refractivity contribution is 7.80. The monoisotopic (exact) mass is 392 g/mol. The third-order valence-electron chi connectivity index (χ3n) is 4.37. The molecule has 0 aromatic heterocycles. The van der Waals surface area contributed by atoms with Gasteiger partial charge in [0.05, 0.1) is 6.61 Å². The number of carbonyl (C=O) groups is 1. The lowest BCUT2D eigenvalue weighted by Crippen LogP contribution is -2.34. The number of carbonyl (C=O) groups excluding carboxylic acids is 1. The van der Waals surface area contributed by atoms with E-state index in [-0.39, 0.29) is 11.0 Å². The van der Waals surface area contributed by atoms with Crippen LogP contribution in [-0.2, 0) is 0 Å². The van der Waals surface area contributed by atoms with Crippen LogP contribution in [0.15, 0.2) is 66.7 Å². The van der Waals surface area contributed by atoms with Crippen molar-refractivity contribution in [2.24, 2.45) is 0 Å². The molecule has 3 aromatic rings. The quantitative estimate of drug-likeness (QED) is 0.410. The van der Waals surface area contributed by atoms with Crippen LogP contribution in [0.1, 0.15) is 36.5 Å². The number of benzene rings is 3. The predicted molar refractivity (Wildman–Crippen MR) is 119 cm³/mol. The smallest absolute Gasteiger partial charge is 0.257 e. The molecule has 4 nitrogen and oxygen atoms in total. The Morgan fingerprint density at radius 2 is 1.71 bits per heavy atom.